The van der Waals surface area contributed by atoms with Crippen LogP contribution in [0.3, 0.4) is 0 Å². The average Bonchev–Trinajstić information content (AvgIpc) is 2.37. The number of nitrogens with two attached hydrogens (primary N) is 2. The van der Waals surface area contributed by atoms with Crippen LogP contribution in [0.1, 0.15) is 30.6 Å². The van der Waals surface area contributed by atoms with Crippen LogP contribution in [0.15, 0.2) is 29.2 Å². The molecular formula is C15H19N3O2. The molecule has 0 radical (unpaired) electrons. The van der Waals surface area contributed by atoms with E-state index in [0.29, 0.717) is 23.5 Å². The molecule has 4 N–H and O–H groups in total. The summed E-state index contributed by atoms with van der Waals surface area (Å²) in [6.07, 6.45) is 2.47. The molecule has 0 saturated heterocycles. The number of hydrogen-bond acceptors (Lipinski definition) is 3. The van der Waals surface area contributed by atoms with Crippen molar-refractivity contribution in [2.45, 2.75) is 26.8 Å². The Kier molecular flexibility index (Phi) is 3.79. The predicted octanol–water partition coefficient (Wildman–Crippen LogP) is 1.73. The molecule has 0 unspecified atom stereocenters. The van der Waals surface area contributed by atoms with Gasteiger partial charge in [0.25, 0.3) is 5.91 Å². The van der Waals surface area contributed by atoms with Gasteiger partial charge in [-0.2, -0.15) is 0 Å². The van der Waals surface area contributed by atoms with E-state index in [1.807, 2.05) is 10.6 Å². The molecule has 0 aliphatic rings. The SMILES string of the molecule is CC(C)CCn1cc(C(N)=O)c(=O)c2c(N)cccc21. The minimum Gasteiger partial charge on any atom is -0.398 e. The highest BCUT2D eigenvalue weighted by atomic mass is 16.2. The van der Waals surface area contributed by atoms with Crippen molar-refractivity contribution >= 4 is 22.5 Å². The summed E-state index contributed by atoms with van der Waals surface area (Å²) >= 11 is 0. The Morgan fingerprint density at radius 2 is 2.05 bits per heavy atom. The van der Waals surface area contributed by atoms with E-state index in [-0.39, 0.29) is 5.56 Å². The van der Waals surface area contributed by atoms with Crippen LogP contribution in [-0.2, 0) is 6.54 Å². The fourth-order valence-electron chi connectivity index (χ4n) is 2.22. The third-order valence-electron chi connectivity index (χ3n) is 3.35. The summed E-state index contributed by atoms with van der Waals surface area (Å²) in [5.74, 6) is -0.207. The Balaban J connectivity index is 2.73. The van der Waals surface area contributed by atoms with E-state index in [9.17, 15) is 9.59 Å². The van der Waals surface area contributed by atoms with Gasteiger partial charge in [0.1, 0.15) is 5.56 Å². The third kappa shape index (κ3) is 2.52. The summed E-state index contributed by atoms with van der Waals surface area (Å²) in [7, 11) is 0. The highest BCUT2D eigenvalue weighted by molar-refractivity contribution is 5.99. The molecule has 0 aliphatic carbocycles. The first kappa shape index (κ1) is 14.1. The normalized spacial score (nSPS) is 11.2. The van der Waals surface area contributed by atoms with Gasteiger partial charge in [0, 0.05) is 18.4 Å². The molecule has 1 amide bonds. The number of rotatable bonds is 4. The van der Waals surface area contributed by atoms with Crippen LogP contribution in [0, 0.1) is 5.92 Å². The van der Waals surface area contributed by atoms with E-state index in [2.05, 4.69) is 13.8 Å². The Labute approximate surface area is 117 Å². The largest absolute Gasteiger partial charge is 0.398 e. The van der Waals surface area contributed by atoms with E-state index in [0.717, 1.165) is 11.9 Å². The lowest BCUT2D eigenvalue weighted by molar-refractivity contribution is 0.0998. The van der Waals surface area contributed by atoms with E-state index < -0.39 is 11.3 Å². The first-order valence-electron chi connectivity index (χ1n) is 6.63. The lowest BCUT2D eigenvalue weighted by atomic mass is 10.1. The number of hydrogen-bond donors (Lipinski definition) is 2. The topological polar surface area (TPSA) is 91.1 Å². The fourth-order valence-corrected chi connectivity index (χ4v) is 2.22. The number of benzene rings is 1. The molecule has 5 heteroatoms. The number of carbonyl (C=O) groups excluding carboxylic acids is 1. The van der Waals surface area contributed by atoms with Crippen LogP contribution in [0.4, 0.5) is 5.69 Å². The van der Waals surface area contributed by atoms with Crippen molar-refractivity contribution in [1.29, 1.82) is 0 Å². The van der Waals surface area contributed by atoms with Crippen molar-refractivity contribution in [2.75, 3.05) is 5.73 Å². The molecule has 0 saturated carbocycles. The number of fused-ring (bicyclic) bond motifs is 1. The molecule has 2 rings (SSSR count). The number of pyridine rings is 1. The van der Waals surface area contributed by atoms with Crippen LogP contribution < -0.4 is 16.9 Å². The number of carbonyl (C=O) groups is 1. The molecule has 1 heterocycles. The zero-order valence-electron chi connectivity index (χ0n) is 11.7. The number of nitrogen functional groups attached to an aromatic ring is 1. The molecule has 2 aromatic rings. The van der Waals surface area contributed by atoms with E-state index in [1.165, 1.54) is 6.20 Å². The maximum atomic E-state index is 12.3. The summed E-state index contributed by atoms with van der Waals surface area (Å²) in [6, 6.07) is 5.28. The van der Waals surface area contributed by atoms with Crippen LogP contribution in [0.5, 0.6) is 0 Å². The standard InChI is InChI=1S/C15H19N3O2/c1-9(2)6-7-18-8-10(15(17)20)14(19)13-11(16)4-3-5-12(13)18/h3-5,8-9H,6-7,16H2,1-2H3,(H2,17,20). The number of anilines is 1. The van der Waals surface area contributed by atoms with Crippen LogP contribution in [0.2, 0.25) is 0 Å². The van der Waals surface area contributed by atoms with Gasteiger partial charge >= 0.3 is 0 Å². The highest BCUT2D eigenvalue weighted by Crippen LogP contribution is 2.19. The minimum absolute atomic E-state index is 0.0147. The van der Waals surface area contributed by atoms with Gasteiger partial charge in [-0.3, -0.25) is 9.59 Å². The zero-order chi connectivity index (χ0) is 14.9. The van der Waals surface area contributed by atoms with Crippen LogP contribution in [-0.4, -0.2) is 10.5 Å². The Morgan fingerprint density at radius 3 is 2.65 bits per heavy atom. The molecule has 0 spiro atoms. The number of amides is 1. The van der Waals surface area contributed by atoms with Crippen LogP contribution in [0.25, 0.3) is 10.9 Å². The molecule has 5 nitrogen and oxygen atoms in total. The number of nitrogens with zero attached hydrogens (tertiary/aromatic N) is 1. The summed E-state index contributed by atoms with van der Waals surface area (Å²) < 4.78 is 1.88. The summed E-state index contributed by atoms with van der Waals surface area (Å²) in [5.41, 5.74) is 11.9. The quantitative estimate of drug-likeness (QED) is 0.831. The van der Waals surface area contributed by atoms with Crippen molar-refractivity contribution in [3.8, 4) is 0 Å². The van der Waals surface area contributed by atoms with E-state index >= 15 is 0 Å². The smallest absolute Gasteiger partial charge is 0.254 e. The monoisotopic (exact) mass is 273 g/mol. The van der Waals surface area contributed by atoms with Crippen molar-refractivity contribution in [1.82, 2.24) is 4.57 Å². The summed E-state index contributed by atoms with van der Waals surface area (Å²) in [6.45, 7) is 4.94. The van der Waals surface area contributed by atoms with Crippen molar-refractivity contribution < 1.29 is 4.79 Å². The zero-order valence-corrected chi connectivity index (χ0v) is 11.7. The second-order valence-corrected chi connectivity index (χ2v) is 5.35. The first-order chi connectivity index (χ1) is 9.41. The lowest BCUT2D eigenvalue weighted by Gasteiger charge is -2.14. The highest BCUT2D eigenvalue weighted by Gasteiger charge is 2.14. The third-order valence-corrected chi connectivity index (χ3v) is 3.35. The van der Waals surface area contributed by atoms with E-state index in [4.69, 9.17) is 11.5 Å². The molecule has 0 bridgehead atoms. The summed E-state index contributed by atoms with van der Waals surface area (Å²) in [4.78, 5) is 23.7. The number of aryl methyl sites for hydroxylation is 1. The maximum absolute atomic E-state index is 12.3. The lowest BCUT2D eigenvalue weighted by Crippen LogP contribution is -2.25. The number of primary amides is 1. The maximum Gasteiger partial charge on any atom is 0.254 e. The van der Waals surface area contributed by atoms with E-state index in [1.54, 1.807) is 12.1 Å². The van der Waals surface area contributed by atoms with Crippen molar-refractivity contribution in [3.05, 3.63) is 40.2 Å². The van der Waals surface area contributed by atoms with Gasteiger partial charge in [-0.25, -0.2) is 0 Å². The van der Waals surface area contributed by atoms with Crippen LogP contribution >= 0.6 is 0 Å². The predicted molar refractivity (Wildman–Crippen MR) is 80.6 cm³/mol. The number of aromatic nitrogens is 1. The first-order valence-corrected chi connectivity index (χ1v) is 6.63. The van der Waals surface area contributed by atoms with Gasteiger partial charge in [0.2, 0.25) is 5.43 Å². The van der Waals surface area contributed by atoms with Gasteiger partial charge < -0.3 is 16.0 Å². The fraction of sp³-hybridized carbons (Fsp3) is 0.333. The molecule has 1 aromatic heterocycles. The van der Waals surface area contributed by atoms with Crippen molar-refractivity contribution in [2.24, 2.45) is 11.7 Å². The molecule has 20 heavy (non-hydrogen) atoms. The van der Waals surface area contributed by atoms with Gasteiger partial charge in [-0.1, -0.05) is 19.9 Å². The minimum atomic E-state index is -0.724. The second kappa shape index (κ2) is 5.36. The molecule has 0 atom stereocenters. The van der Waals surface area contributed by atoms with Crippen molar-refractivity contribution in [3.63, 3.8) is 0 Å². The molecular weight excluding hydrogens is 254 g/mol. The second-order valence-electron chi connectivity index (χ2n) is 5.35. The van der Waals surface area contributed by atoms with Gasteiger partial charge in [0.15, 0.2) is 0 Å². The molecule has 106 valence electrons. The Hall–Kier alpha value is -2.30. The molecule has 0 aliphatic heterocycles. The van der Waals surface area contributed by atoms with Gasteiger partial charge in [-0.15, -0.1) is 0 Å². The Bertz CT molecular complexity index is 717. The Morgan fingerprint density at radius 1 is 1.35 bits per heavy atom. The summed E-state index contributed by atoms with van der Waals surface area (Å²) in [5, 5.41) is 0.368. The van der Waals surface area contributed by atoms with Gasteiger partial charge in [0.05, 0.1) is 10.9 Å². The average molecular weight is 273 g/mol. The van der Waals surface area contributed by atoms with Gasteiger partial charge in [-0.05, 0) is 24.5 Å². The molecule has 1 aromatic carbocycles. The molecule has 0 fully saturated rings.